The molecule has 3 aromatic rings. The van der Waals surface area contributed by atoms with E-state index in [0.29, 0.717) is 17.9 Å². The molecular formula is C16H13BrN2O2. The quantitative estimate of drug-likeness (QED) is 0.785. The maximum Gasteiger partial charge on any atom is 0.251 e. The second-order valence-electron chi connectivity index (χ2n) is 4.82. The van der Waals surface area contributed by atoms with Gasteiger partial charge in [0, 0.05) is 16.1 Å². The minimum atomic E-state index is -0.131. The summed E-state index contributed by atoms with van der Waals surface area (Å²) in [5.41, 5.74) is 1.43. The van der Waals surface area contributed by atoms with Gasteiger partial charge in [-0.1, -0.05) is 33.2 Å². The van der Waals surface area contributed by atoms with Crippen LogP contribution in [0.2, 0.25) is 0 Å². The van der Waals surface area contributed by atoms with E-state index in [2.05, 4.69) is 26.4 Å². The third kappa shape index (κ3) is 3.13. The fourth-order valence-corrected chi connectivity index (χ4v) is 2.51. The molecule has 1 aromatic heterocycles. The van der Waals surface area contributed by atoms with Crippen LogP contribution in [0.5, 0.6) is 0 Å². The second-order valence-corrected chi connectivity index (χ2v) is 5.74. The Morgan fingerprint density at radius 2 is 1.95 bits per heavy atom. The maximum atomic E-state index is 12.2. The summed E-state index contributed by atoms with van der Waals surface area (Å²) >= 11 is 3.44. The Labute approximate surface area is 130 Å². The predicted molar refractivity (Wildman–Crippen MR) is 84.1 cm³/mol. The number of aryl methyl sites for hydroxylation is 1. The first-order valence-electron chi connectivity index (χ1n) is 6.51. The van der Waals surface area contributed by atoms with Crippen LogP contribution in [-0.4, -0.2) is 11.1 Å². The topological polar surface area (TPSA) is 55.1 Å². The Hall–Kier alpha value is -2.14. The van der Waals surface area contributed by atoms with Crippen LogP contribution in [0.4, 0.5) is 0 Å². The van der Waals surface area contributed by atoms with E-state index in [9.17, 15) is 4.79 Å². The lowest BCUT2D eigenvalue weighted by molar-refractivity contribution is 0.0947. The van der Waals surface area contributed by atoms with Gasteiger partial charge in [-0.25, -0.2) is 0 Å². The minimum Gasteiger partial charge on any atom is -0.359 e. The lowest BCUT2D eigenvalue weighted by Crippen LogP contribution is -2.22. The first kappa shape index (κ1) is 13.8. The highest BCUT2D eigenvalue weighted by molar-refractivity contribution is 9.10. The van der Waals surface area contributed by atoms with Crippen molar-refractivity contribution < 1.29 is 9.32 Å². The van der Waals surface area contributed by atoms with Gasteiger partial charge in [-0.2, -0.15) is 0 Å². The number of halogens is 1. The SMILES string of the molecule is Cc1cc(CNC(=O)c2ccc3cc(Br)ccc3c2)on1. The molecule has 0 saturated heterocycles. The molecule has 0 fully saturated rings. The van der Waals surface area contributed by atoms with Gasteiger partial charge in [0.15, 0.2) is 5.76 Å². The molecule has 0 radical (unpaired) electrons. The molecule has 1 heterocycles. The normalized spacial score (nSPS) is 10.8. The van der Waals surface area contributed by atoms with E-state index in [1.807, 2.05) is 43.3 Å². The van der Waals surface area contributed by atoms with Gasteiger partial charge >= 0.3 is 0 Å². The van der Waals surface area contributed by atoms with Crippen molar-refractivity contribution in [2.45, 2.75) is 13.5 Å². The molecule has 21 heavy (non-hydrogen) atoms. The van der Waals surface area contributed by atoms with Crippen molar-refractivity contribution >= 4 is 32.6 Å². The molecule has 3 rings (SSSR count). The standard InChI is InChI=1S/C16H13BrN2O2/c1-10-6-15(21-19-10)9-18-16(20)13-3-2-12-8-14(17)5-4-11(12)7-13/h2-8H,9H2,1H3,(H,18,20). The Morgan fingerprint density at radius 1 is 1.19 bits per heavy atom. The lowest BCUT2D eigenvalue weighted by Gasteiger charge is -2.05. The zero-order chi connectivity index (χ0) is 14.8. The highest BCUT2D eigenvalue weighted by atomic mass is 79.9. The van der Waals surface area contributed by atoms with Gasteiger partial charge in [0.1, 0.15) is 0 Å². The number of fused-ring (bicyclic) bond motifs is 1. The molecule has 0 unspecified atom stereocenters. The average molecular weight is 345 g/mol. The first-order chi connectivity index (χ1) is 10.1. The zero-order valence-electron chi connectivity index (χ0n) is 11.4. The van der Waals surface area contributed by atoms with Crippen molar-refractivity contribution in [3.63, 3.8) is 0 Å². The van der Waals surface area contributed by atoms with Crippen LogP contribution in [0.15, 0.2) is 51.5 Å². The molecule has 106 valence electrons. The lowest BCUT2D eigenvalue weighted by atomic mass is 10.1. The Balaban J connectivity index is 1.76. The molecule has 0 aliphatic heterocycles. The summed E-state index contributed by atoms with van der Waals surface area (Å²) in [5.74, 6) is 0.513. The number of carbonyl (C=O) groups excluding carboxylic acids is 1. The van der Waals surface area contributed by atoms with E-state index < -0.39 is 0 Å². The fraction of sp³-hybridized carbons (Fsp3) is 0.125. The summed E-state index contributed by atoms with van der Waals surface area (Å²) in [5, 5.41) is 8.73. The summed E-state index contributed by atoms with van der Waals surface area (Å²) in [6, 6.07) is 13.4. The van der Waals surface area contributed by atoms with Gasteiger partial charge in [0.25, 0.3) is 5.91 Å². The fourth-order valence-electron chi connectivity index (χ4n) is 2.13. The summed E-state index contributed by atoms with van der Waals surface area (Å²) < 4.78 is 6.09. The number of rotatable bonds is 3. The molecule has 0 saturated carbocycles. The van der Waals surface area contributed by atoms with Gasteiger partial charge in [0.05, 0.1) is 12.2 Å². The Kier molecular flexibility index (Phi) is 3.75. The molecule has 1 amide bonds. The number of benzene rings is 2. The summed E-state index contributed by atoms with van der Waals surface area (Å²) in [7, 11) is 0. The molecular weight excluding hydrogens is 332 g/mol. The molecule has 0 atom stereocenters. The van der Waals surface area contributed by atoms with Crippen LogP contribution in [0.1, 0.15) is 21.8 Å². The smallest absolute Gasteiger partial charge is 0.251 e. The molecule has 0 spiro atoms. The van der Waals surface area contributed by atoms with Crippen LogP contribution in [0.3, 0.4) is 0 Å². The third-order valence-corrected chi connectivity index (χ3v) is 3.66. The van der Waals surface area contributed by atoms with E-state index in [0.717, 1.165) is 20.9 Å². The van der Waals surface area contributed by atoms with Crippen molar-refractivity contribution in [3.05, 3.63) is 64.0 Å². The molecule has 4 nitrogen and oxygen atoms in total. The van der Waals surface area contributed by atoms with Gasteiger partial charge in [0.2, 0.25) is 0 Å². The maximum absolute atomic E-state index is 12.2. The van der Waals surface area contributed by atoms with Crippen LogP contribution < -0.4 is 5.32 Å². The molecule has 1 N–H and O–H groups in total. The number of nitrogens with one attached hydrogen (secondary N) is 1. The number of aromatic nitrogens is 1. The summed E-state index contributed by atoms with van der Waals surface area (Å²) in [6.45, 7) is 2.17. The van der Waals surface area contributed by atoms with E-state index in [-0.39, 0.29) is 5.91 Å². The number of hydrogen-bond acceptors (Lipinski definition) is 3. The molecule has 0 aliphatic carbocycles. The number of nitrogens with zero attached hydrogens (tertiary/aromatic N) is 1. The monoisotopic (exact) mass is 344 g/mol. The largest absolute Gasteiger partial charge is 0.359 e. The highest BCUT2D eigenvalue weighted by Crippen LogP contribution is 2.21. The van der Waals surface area contributed by atoms with E-state index in [4.69, 9.17) is 4.52 Å². The van der Waals surface area contributed by atoms with Gasteiger partial charge < -0.3 is 9.84 Å². The molecule has 0 bridgehead atoms. The van der Waals surface area contributed by atoms with Crippen LogP contribution >= 0.6 is 15.9 Å². The minimum absolute atomic E-state index is 0.131. The highest BCUT2D eigenvalue weighted by Gasteiger charge is 2.08. The average Bonchev–Trinajstić information content (AvgIpc) is 2.90. The van der Waals surface area contributed by atoms with Crippen LogP contribution in [0, 0.1) is 6.92 Å². The molecule has 5 heteroatoms. The van der Waals surface area contributed by atoms with Crippen molar-refractivity contribution in [1.82, 2.24) is 10.5 Å². The van der Waals surface area contributed by atoms with E-state index in [1.54, 1.807) is 6.07 Å². The number of carbonyl (C=O) groups is 1. The second kappa shape index (κ2) is 5.69. The first-order valence-corrected chi connectivity index (χ1v) is 7.31. The summed E-state index contributed by atoms with van der Waals surface area (Å²) in [6.07, 6.45) is 0. The van der Waals surface area contributed by atoms with Crippen molar-refractivity contribution in [2.24, 2.45) is 0 Å². The third-order valence-electron chi connectivity index (χ3n) is 3.16. The molecule has 2 aromatic carbocycles. The van der Waals surface area contributed by atoms with Gasteiger partial charge in [-0.05, 0) is 42.0 Å². The van der Waals surface area contributed by atoms with Crippen molar-refractivity contribution in [3.8, 4) is 0 Å². The predicted octanol–water partition coefficient (Wildman–Crippen LogP) is 3.83. The Morgan fingerprint density at radius 3 is 2.71 bits per heavy atom. The van der Waals surface area contributed by atoms with Crippen molar-refractivity contribution in [2.75, 3.05) is 0 Å². The van der Waals surface area contributed by atoms with E-state index >= 15 is 0 Å². The zero-order valence-corrected chi connectivity index (χ0v) is 13.0. The van der Waals surface area contributed by atoms with Crippen LogP contribution in [0.25, 0.3) is 10.8 Å². The summed E-state index contributed by atoms with van der Waals surface area (Å²) in [4.78, 5) is 12.2. The molecule has 0 aliphatic rings. The van der Waals surface area contributed by atoms with E-state index in [1.165, 1.54) is 0 Å². The van der Waals surface area contributed by atoms with Gasteiger partial charge in [-0.15, -0.1) is 0 Å². The van der Waals surface area contributed by atoms with Crippen molar-refractivity contribution in [1.29, 1.82) is 0 Å². The number of amides is 1. The number of hydrogen-bond donors (Lipinski definition) is 1. The van der Waals surface area contributed by atoms with Gasteiger partial charge in [-0.3, -0.25) is 4.79 Å². The van der Waals surface area contributed by atoms with Crippen LogP contribution in [-0.2, 0) is 6.54 Å². The Bertz CT molecular complexity index is 811.